The molecule has 0 aliphatic carbocycles. The van der Waals surface area contributed by atoms with E-state index < -0.39 is 0 Å². The number of H-pyrrole nitrogens is 1. The lowest BCUT2D eigenvalue weighted by atomic mass is 10.2. The van der Waals surface area contributed by atoms with Crippen LogP contribution in [0.4, 0.5) is 0 Å². The molecular formula is C14H8BrN5. The molecule has 0 spiro atoms. The van der Waals surface area contributed by atoms with Crippen molar-refractivity contribution in [2.75, 3.05) is 0 Å². The summed E-state index contributed by atoms with van der Waals surface area (Å²) in [4.78, 5) is 20.6. The van der Waals surface area contributed by atoms with Gasteiger partial charge < -0.3 is 4.98 Å². The van der Waals surface area contributed by atoms with E-state index >= 15 is 0 Å². The molecule has 0 atom stereocenters. The lowest BCUT2D eigenvalue weighted by molar-refractivity contribution is 1.28. The van der Waals surface area contributed by atoms with Crippen molar-refractivity contribution in [3.8, 4) is 11.4 Å². The van der Waals surface area contributed by atoms with Gasteiger partial charge in [-0.1, -0.05) is 0 Å². The van der Waals surface area contributed by atoms with Crippen molar-refractivity contribution >= 4 is 38.1 Å². The molecule has 0 fully saturated rings. The molecule has 1 N–H and O–H groups in total. The minimum Gasteiger partial charge on any atom is -0.337 e. The van der Waals surface area contributed by atoms with Crippen molar-refractivity contribution in [2.45, 2.75) is 0 Å². The van der Waals surface area contributed by atoms with Crippen molar-refractivity contribution in [1.29, 1.82) is 0 Å². The van der Waals surface area contributed by atoms with Gasteiger partial charge in [0.1, 0.15) is 5.82 Å². The number of rotatable bonds is 1. The molecule has 0 radical (unpaired) electrons. The fraction of sp³-hybridized carbons (Fsp3) is 0. The molecule has 0 aliphatic rings. The maximum atomic E-state index is 4.50. The Labute approximate surface area is 122 Å². The molecule has 0 aliphatic heterocycles. The maximum Gasteiger partial charge on any atom is 0.178 e. The SMILES string of the molecule is Brc1cnc2nc(-c3ccc4nccnc4c3)[nH]c2c1. The van der Waals surface area contributed by atoms with Gasteiger partial charge in [-0.15, -0.1) is 0 Å². The monoisotopic (exact) mass is 325 g/mol. The van der Waals surface area contributed by atoms with Crippen molar-refractivity contribution in [1.82, 2.24) is 24.9 Å². The highest BCUT2D eigenvalue weighted by atomic mass is 79.9. The van der Waals surface area contributed by atoms with Crippen LogP contribution in [0, 0.1) is 0 Å². The third kappa shape index (κ3) is 1.85. The van der Waals surface area contributed by atoms with Gasteiger partial charge in [0.2, 0.25) is 0 Å². The highest BCUT2D eigenvalue weighted by Crippen LogP contribution is 2.23. The van der Waals surface area contributed by atoms with Crippen LogP contribution in [0.3, 0.4) is 0 Å². The molecule has 0 amide bonds. The zero-order chi connectivity index (χ0) is 13.5. The predicted molar refractivity (Wildman–Crippen MR) is 80.1 cm³/mol. The highest BCUT2D eigenvalue weighted by Gasteiger charge is 2.07. The Morgan fingerprint density at radius 3 is 2.70 bits per heavy atom. The minimum absolute atomic E-state index is 0.697. The number of aromatic amines is 1. The second-order valence-corrected chi connectivity index (χ2v) is 5.29. The first-order chi connectivity index (χ1) is 9.79. The number of imidazole rings is 1. The molecule has 4 aromatic rings. The van der Waals surface area contributed by atoms with Crippen LogP contribution in [0.5, 0.6) is 0 Å². The Morgan fingerprint density at radius 1 is 0.950 bits per heavy atom. The molecule has 3 aromatic heterocycles. The molecule has 3 heterocycles. The minimum atomic E-state index is 0.697. The van der Waals surface area contributed by atoms with E-state index in [1.165, 1.54) is 0 Å². The summed E-state index contributed by atoms with van der Waals surface area (Å²) in [5.41, 5.74) is 4.27. The Kier molecular flexibility index (Phi) is 2.50. The zero-order valence-electron chi connectivity index (χ0n) is 10.2. The number of aromatic nitrogens is 5. The summed E-state index contributed by atoms with van der Waals surface area (Å²) in [6, 6.07) is 7.84. The van der Waals surface area contributed by atoms with E-state index in [-0.39, 0.29) is 0 Å². The largest absolute Gasteiger partial charge is 0.337 e. The summed E-state index contributed by atoms with van der Waals surface area (Å²) in [6.07, 6.45) is 5.10. The average molecular weight is 326 g/mol. The van der Waals surface area contributed by atoms with Crippen LogP contribution in [0.15, 0.2) is 47.3 Å². The van der Waals surface area contributed by atoms with Gasteiger partial charge in [0.15, 0.2) is 5.65 Å². The Balaban J connectivity index is 1.91. The van der Waals surface area contributed by atoms with E-state index in [1.54, 1.807) is 18.6 Å². The van der Waals surface area contributed by atoms with Gasteiger partial charge in [-0.3, -0.25) is 9.97 Å². The molecule has 0 bridgehead atoms. The normalized spacial score (nSPS) is 11.2. The maximum absolute atomic E-state index is 4.50. The van der Waals surface area contributed by atoms with E-state index in [1.807, 2.05) is 24.3 Å². The van der Waals surface area contributed by atoms with Crippen LogP contribution < -0.4 is 0 Å². The van der Waals surface area contributed by atoms with Gasteiger partial charge in [-0.05, 0) is 40.2 Å². The van der Waals surface area contributed by atoms with E-state index in [0.29, 0.717) is 5.65 Å². The summed E-state index contributed by atoms with van der Waals surface area (Å²) in [6.45, 7) is 0. The molecule has 0 saturated carbocycles. The second-order valence-electron chi connectivity index (χ2n) is 4.37. The van der Waals surface area contributed by atoms with Crippen LogP contribution in [0.2, 0.25) is 0 Å². The van der Waals surface area contributed by atoms with E-state index in [0.717, 1.165) is 32.4 Å². The summed E-state index contributed by atoms with van der Waals surface area (Å²) < 4.78 is 0.921. The van der Waals surface area contributed by atoms with Gasteiger partial charge >= 0.3 is 0 Å². The second kappa shape index (κ2) is 4.35. The molecule has 0 unspecified atom stereocenters. The molecular weight excluding hydrogens is 318 g/mol. The van der Waals surface area contributed by atoms with Crippen molar-refractivity contribution < 1.29 is 0 Å². The van der Waals surface area contributed by atoms with Crippen LogP contribution in [0.25, 0.3) is 33.6 Å². The summed E-state index contributed by atoms with van der Waals surface area (Å²) in [7, 11) is 0. The van der Waals surface area contributed by atoms with Crippen LogP contribution in [0.1, 0.15) is 0 Å². The van der Waals surface area contributed by atoms with Crippen molar-refractivity contribution in [3.05, 3.63) is 47.3 Å². The first-order valence-electron chi connectivity index (χ1n) is 6.02. The lowest BCUT2D eigenvalue weighted by Crippen LogP contribution is -1.85. The molecule has 1 aromatic carbocycles. The van der Waals surface area contributed by atoms with Gasteiger partial charge in [0.05, 0.1) is 16.6 Å². The number of benzene rings is 1. The fourth-order valence-corrected chi connectivity index (χ4v) is 2.45. The number of hydrogen-bond donors (Lipinski definition) is 1. The Hall–Kier alpha value is -2.34. The van der Waals surface area contributed by atoms with Crippen molar-refractivity contribution in [3.63, 3.8) is 0 Å². The van der Waals surface area contributed by atoms with E-state index in [2.05, 4.69) is 40.8 Å². The molecule has 5 nitrogen and oxygen atoms in total. The molecule has 96 valence electrons. The fourth-order valence-electron chi connectivity index (χ4n) is 2.12. The third-order valence-electron chi connectivity index (χ3n) is 3.05. The topological polar surface area (TPSA) is 67.3 Å². The third-order valence-corrected chi connectivity index (χ3v) is 3.48. The number of pyridine rings is 1. The summed E-state index contributed by atoms with van der Waals surface area (Å²) in [5.74, 6) is 0.776. The smallest absolute Gasteiger partial charge is 0.178 e. The van der Waals surface area contributed by atoms with E-state index in [9.17, 15) is 0 Å². The average Bonchev–Trinajstić information content (AvgIpc) is 2.89. The zero-order valence-corrected chi connectivity index (χ0v) is 11.8. The van der Waals surface area contributed by atoms with Gasteiger partial charge in [0.25, 0.3) is 0 Å². The number of nitrogens with zero attached hydrogens (tertiary/aromatic N) is 4. The Morgan fingerprint density at radius 2 is 1.80 bits per heavy atom. The van der Waals surface area contributed by atoms with Gasteiger partial charge in [-0.25, -0.2) is 9.97 Å². The first kappa shape index (κ1) is 11.5. The molecule has 20 heavy (non-hydrogen) atoms. The quantitative estimate of drug-likeness (QED) is 0.583. The summed E-state index contributed by atoms with van der Waals surface area (Å²) in [5, 5.41) is 0. The van der Waals surface area contributed by atoms with Crippen LogP contribution >= 0.6 is 15.9 Å². The van der Waals surface area contributed by atoms with Gasteiger partial charge in [0, 0.05) is 28.6 Å². The number of fused-ring (bicyclic) bond motifs is 2. The van der Waals surface area contributed by atoms with Crippen LogP contribution in [-0.2, 0) is 0 Å². The summed E-state index contributed by atoms with van der Waals surface area (Å²) >= 11 is 3.40. The first-order valence-corrected chi connectivity index (χ1v) is 6.81. The number of hydrogen-bond acceptors (Lipinski definition) is 4. The number of halogens is 1. The number of nitrogens with one attached hydrogen (secondary N) is 1. The standard InChI is InChI=1S/C14H8BrN5/c15-9-6-12-14(18-7-9)20-13(19-12)8-1-2-10-11(5-8)17-4-3-16-10/h1-7H,(H,18,19,20). The van der Waals surface area contributed by atoms with E-state index in [4.69, 9.17) is 0 Å². The molecule has 0 saturated heterocycles. The van der Waals surface area contributed by atoms with Crippen LogP contribution in [-0.4, -0.2) is 24.9 Å². The molecule has 6 heteroatoms. The molecule has 4 rings (SSSR count). The predicted octanol–water partition coefficient (Wildman–Crippen LogP) is 3.33. The lowest BCUT2D eigenvalue weighted by Gasteiger charge is -1.99. The van der Waals surface area contributed by atoms with Gasteiger partial charge in [-0.2, -0.15) is 0 Å². The van der Waals surface area contributed by atoms with Crippen molar-refractivity contribution in [2.24, 2.45) is 0 Å². The highest BCUT2D eigenvalue weighted by molar-refractivity contribution is 9.10. The Bertz CT molecular complexity index is 931.